The molecule has 2 nitrogen and oxygen atoms in total. The van der Waals surface area contributed by atoms with Crippen LogP contribution in [0.2, 0.25) is 10.0 Å². The maximum Gasteiger partial charge on any atom is 0.248 e. The summed E-state index contributed by atoms with van der Waals surface area (Å²) in [6.07, 6.45) is 2.20. The van der Waals surface area contributed by atoms with Crippen LogP contribution in [0.15, 0.2) is 35.9 Å². The van der Waals surface area contributed by atoms with Gasteiger partial charge in [0.25, 0.3) is 0 Å². The molecule has 0 aromatic heterocycles. The van der Waals surface area contributed by atoms with E-state index in [1.807, 2.05) is 26.0 Å². The fraction of sp³-hybridized carbons (Fsp3) is 0.250. The summed E-state index contributed by atoms with van der Waals surface area (Å²) >= 11 is 18.3. The van der Waals surface area contributed by atoms with Crippen molar-refractivity contribution in [2.45, 2.75) is 33.1 Å². The highest BCUT2D eigenvalue weighted by Crippen LogP contribution is 2.32. The van der Waals surface area contributed by atoms with Gasteiger partial charge in [0.15, 0.2) is 0 Å². The molecule has 0 saturated carbocycles. The Morgan fingerprint density at radius 3 is 2.28 bits per heavy atom. The van der Waals surface area contributed by atoms with Crippen LogP contribution >= 0.6 is 34.8 Å². The molecule has 0 aliphatic carbocycles. The number of phenolic OH excluding ortho intramolecular Hbond substituents is 1. The Bertz CT molecular complexity index is 816. The van der Waals surface area contributed by atoms with E-state index in [0.29, 0.717) is 22.0 Å². The predicted octanol–water partition coefficient (Wildman–Crippen LogP) is 6.58. The van der Waals surface area contributed by atoms with Crippen LogP contribution in [0, 0.1) is 0 Å². The molecule has 0 radical (unpaired) electrons. The summed E-state index contributed by atoms with van der Waals surface area (Å²) in [5.41, 5.74) is 3.84. The van der Waals surface area contributed by atoms with Gasteiger partial charge in [-0.25, -0.2) is 0 Å². The smallest absolute Gasteiger partial charge is 0.248 e. The van der Waals surface area contributed by atoms with Gasteiger partial charge in [0.2, 0.25) is 5.24 Å². The number of hydrogen-bond donors (Lipinski definition) is 1. The zero-order valence-corrected chi connectivity index (χ0v) is 16.5. The van der Waals surface area contributed by atoms with Gasteiger partial charge < -0.3 is 5.11 Å². The van der Waals surface area contributed by atoms with Crippen LogP contribution in [0.1, 0.15) is 48.9 Å². The summed E-state index contributed by atoms with van der Waals surface area (Å²) in [4.78, 5) is 11.2. The van der Waals surface area contributed by atoms with E-state index in [1.54, 1.807) is 31.2 Å². The molecule has 2 aromatic carbocycles. The summed E-state index contributed by atoms with van der Waals surface area (Å²) in [7, 11) is 0. The molecule has 0 bridgehead atoms. The van der Waals surface area contributed by atoms with Crippen LogP contribution < -0.4 is 0 Å². The summed E-state index contributed by atoms with van der Waals surface area (Å²) in [5, 5.41) is 10.5. The van der Waals surface area contributed by atoms with Crippen molar-refractivity contribution in [3.8, 4) is 5.75 Å². The molecule has 0 aliphatic rings. The predicted molar refractivity (Wildman–Crippen MR) is 106 cm³/mol. The average Bonchev–Trinajstić information content (AvgIpc) is 2.52. The normalized spacial score (nSPS) is 11.9. The van der Waals surface area contributed by atoms with Crippen molar-refractivity contribution in [2.75, 3.05) is 0 Å². The van der Waals surface area contributed by atoms with Gasteiger partial charge in [0, 0.05) is 22.0 Å². The average molecular weight is 398 g/mol. The first-order chi connectivity index (χ1) is 11.7. The molecule has 2 aromatic rings. The molecule has 1 N–H and O–H groups in total. The molecule has 25 heavy (non-hydrogen) atoms. The Labute approximate surface area is 163 Å². The largest absolute Gasteiger partial charge is 0.508 e. The minimum atomic E-state index is -0.512. The number of carbonyl (C=O) groups is 1. The zero-order chi connectivity index (χ0) is 18.7. The van der Waals surface area contributed by atoms with Crippen molar-refractivity contribution in [1.82, 2.24) is 0 Å². The minimum Gasteiger partial charge on any atom is -0.508 e. The fourth-order valence-electron chi connectivity index (χ4n) is 2.56. The van der Waals surface area contributed by atoms with E-state index in [-0.39, 0.29) is 11.7 Å². The molecule has 0 saturated heterocycles. The molecule has 0 fully saturated rings. The summed E-state index contributed by atoms with van der Waals surface area (Å²) in [6, 6.07) is 9.04. The van der Waals surface area contributed by atoms with E-state index in [2.05, 4.69) is 0 Å². The first kappa shape index (κ1) is 19.8. The molecular formula is C20H19Cl3O2. The van der Waals surface area contributed by atoms with Gasteiger partial charge >= 0.3 is 0 Å². The highest BCUT2D eigenvalue weighted by atomic mass is 35.5. The fourth-order valence-corrected chi connectivity index (χ4v) is 3.25. The van der Waals surface area contributed by atoms with Gasteiger partial charge in [-0.1, -0.05) is 49.2 Å². The third kappa shape index (κ3) is 5.01. The van der Waals surface area contributed by atoms with E-state index < -0.39 is 5.24 Å². The van der Waals surface area contributed by atoms with Crippen LogP contribution in [-0.2, 0) is 11.2 Å². The Hall–Kier alpha value is -1.48. The van der Waals surface area contributed by atoms with Crippen LogP contribution in [-0.4, -0.2) is 10.3 Å². The van der Waals surface area contributed by atoms with Crippen molar-refractivity contribution in [3.05, 3.63) is 68.2 Å². The number of hydrogen-bond acceptors (Lipinski definition) is 2. The molecule has 132 valence electrons. The van der Waals surface area contributed by atoms with Crippen molar-refractivity contribution < 1.29 is 9.90 Å². The number of aromatic hydroxyl groups is 1. The lowest BCUT2D eigenvalue weighted by Gasteiger charge is -2.13. The van der Waals surface area contributed by atoms with Crippen molar-refractivity contribution in [2.24, 2.45) is 0 Å². The first-order valence-electron chi connectivity index (χ1n) is 7.87. The highest BCUT2D eigenvalue weighted by Gasteiger charge is 2.12. The minimum absolute atomic E-state index is 0.217. The van der Waals surface area contributed by atoms with Crippen LogP contribution in [0.5, 0.6) is 5.75 Å². The summed E-state index contributed by atoms with van der Waals surface area (Å²) in [6.45, 7) is 5.69. The second kappa shape index (κ2) is 8.27. The molecular weight excluding hydrogens is 379 g/mol. The van der Waals surface area contributed by atoms with Gasteiger partial charge in [0.05, 0.1) is 0 Å². The van der Waals surface area contributed by atoms with Gasteiger partial charge in [-0.15, -0.1) is 0 Å². The number of rotatable bonds is 5. The van der Waals surface area contributed by atoms with E-state index in [0.717, 1.165) is 22.3 Å². The highest BCUT2D eigenvalue weighted by molar-refractivity contribution is 6.68. The Balaban J connectivity index is 2.37. The number of phenols is 1. The van der Waals surface area contributed by atoms with E-state index >= 15 is 0 Å². The van der Waals surface area contributed by atoms with Gasteiger partial charge in [-0.05, 0) is 71.0 Å². The van der Waals surface area contributed by atoms with E-state index in [4.69, 9.17) is 34.8 Å². The third-order valence-corrected chi connectivity index (χ3v) is 4.92. The second-order valence-electron chi connectivity index (χ2n) is 6.29. The van der Waals surface area contributed by atoms with E-state index in [9.17, 15) is 9.90 Å². The number of benzene rings is 2. The maximum atomic E-state index is 11.2. The van der Waals surface area contributed by atoms with Crippen LogP contribution in [0.25, 0.3) is 6.08 Å². The third-order valence-electron chi connectivity index (χ3n) is 3.95. The lowest BCUT2D eigenvalue weighted by molar-refractivity contribution is -0.108. The molecule has 2 rings (SSSR count). The molecule has 5 heteroatoms. The molecule has 0 heterocycles. The van der Waals surface area contributed by atoms with Gasteiger partial charge in [-0.3, -0.25) is 4.79 Å². The topological polar surface area (TPSA) is 37.3 Å². The number of carbonyl (C=O) groups excluding carboxylic acids is 1. The molecule has 0 atom stereocenters. The monoisotopic (exact) mass is 396 g/mol. The molecule has 0 aliphatic heterocycles. The zero-order valence-electron chi connectivity index (χ0n) is 14.2. The van der Waals surface area contributed by atoms with Gasteiger partial charge in [0.1, 0.15) is 5.75 Å². The quantitative estimate of drug-likeness (QED) is 0.457. The number of allylic oxidation sites excluding steroid dienone is 1. The Kier molecular flexibility index (Phi) is 6.56. The van der Waals surface area contributed by atoms with Crippen molar-refractivity contribution in [3.63, 3.8) is 0 Å². The first-order valence-corrected chi connectivity index (χ1v) is 9.00. The summed E-state index contributed by atoms with van der Waals surface area (Å²) in [5.74, 6) is 0.507. The van der Waals surface area contributed by atoms with Crippen molar-refractivity contribution in [1.29, 1.82) is 0 Å². The van der Waals surface area contributed by atoms with Crippen LogP contribution in [0.3, 0.4) is 0 Å². The Morgan fingerprint density at radius 2 is 1.76 bits per heavy atom. The number of halogens is 3. The SMILES string of the molecule is C/C(=C\c1cc(Cl)c(Cc2ccc(O)c(C(C)C)c2)c(Cl)c1)C(=O)Cl. The lowest BCUT2D eigenvalue weighted by atomic mass is 9.96. The van der Waals surface area contributed by atoms with Crippen molar-refractivity contribution >= 4 is 46.1 Å². The van der Waals surface area contributed by atoms with Gasteiger partial charge in [-0.2, -0.15) is 0 Å². The molecule has 0 spiro atoms. The molecule has 0 unspecified atom stereocenters. The Morgan fingerprint density at radius 1 is 1.16 bits per heavy atom. The standard InChI is InChI=1S/C20H19Cl3O2/c1-11(2)15-7-13(4-5-19(15)24)8-16-17(21)9-14(10-18(16)22)6-12(3)20(23)25/h4-7,9-11,24H,8H2,1-3H3/b12-6+. The lowest BCUT2D eigenvalue weighted by Crippen LogP contribution is -1.96. The maximum absolute atomic E-state index is 11.2. The molecule has 0 amide bonds. The second-order valence-corrected chi connectivity index (χ2v) is 7.45. The van der Waals surface area contributed by atoms with E-state index in [1.165, 1.54) is 0 Å². The summed E-state index contributed by atoms with van der Waals surface area (Å²) < 4.78 is 0. The van der Waals surface area contributed by atoms with Crippen LogP contribution in [0.4, 0.5) is 0 Å².